The molecule has 0 spiro atoms. The molecule has 5 heteroatoms. The summed E-state index contributed by atoms with van der Waals surface area (Å²) in [5, 5.41) is 3.37. The second-order valence-corrected chi connectivity index (χ2v) is 5.55. The third-order valence-corrected chi connectivity index (χ3v) is 3.86. The van der Waals surface area contributed by atoms with Gasteiger partial charge in [0.05, 0.1) is 25.4 Å². The van der Waals surface area contributed by atoms with Gasteiger partial charge in [-0.25, -0.2) is 0 Å². The Morgan fingerprint density at radius 2 is 2.00 bits per heavy atom. The third kappa shape index (κ3) is 3.02. The van der Waals surface area contributed by atoms with E-state index in [1.807, 2.05) is 4.90 Å². The number of carbonyl (C=O) groups is 1. The van der Waals surface area contributed by atoms with Crippen molar-refractivity contribution in [2.24, 2.45) is 5.92 Å². The molecule has 5 nitrogen and oxygen atoms in total. The van der Waals surface area contributed by atoms with Crippen molar-refractivity contribution >= 4 is 5.91 Å². The van der Waals surface area contributed by atoms with Crippen LogP contribution in [0, 0.1) is 5.92 Å². The lowest BCUT2D eigenvalue weighted by Gasteiger charge is -2.29. The number of nitrogens with one attached hydrogen (secondary N) is 1. The average molecular weight is 255 g/mol. The van der Waals surface area contributed by atoms with Crippen molar-refractivity contribution in [2.75, 3.05) is 39.4 Å². The summed E-state index contributed by atoms with van der Waals surface area (Å²) in [4.78, 5) is 16.6. The van der Waals surface area contributed by atoms with Gasteiger partial charge in [0, 0.05) is 26.2 Å². The van der Waals surface area contributed by atoms with Crippen molar-refractivity contribution in [1.29, 1.82) is 0 Å². The fourth-order valence-electron chi connectivity index (χ4n) is 2.65. The molecule has 18 heavy (non-hydrogen) atoms. The van der Waals surface area contributed by atoms with Crippen LogP contribution in [0.3, 0.4) is 0 Å². The van der Waals surface area contributed by atoms with E-state index in [1.165, 1.54) is 0 Å². The van der Waals surface area contributed by atoms with Crippen molar-refractivity contribution in [1.82, 2.24) is 15.1 Å². The molecule has 1 N–H and O–H groups in total. The molecular weight excluding hydrogens is 230 g/mol. The van der Waals surface area contributed by atoms with Crippen LogP contribution in [-0.4, -0.2) is 67.3 Å². The van der Waals surface area contributed by atoms with Gasteiger partial charge in [0.2, 0.25) is 5.91 Å². The van der Waals surface area contributed by atoms with E-state index >= 15 is 0 Å². The fourth-order valence-corrected chi connectivity index (χ4v) is 2.65. The number of amides is 1. The van der Waals surface area contributed by atoms with E-state index in [0.29, 0.717) is 5.92 Å². The summed E-state index contributed by atoms with van der Waals surface area (Å²) in [6.45, 7) is 11.6. The van der Waals surface area contributed by atoms with E-state index in [0.717, 1.165) is 39.4 Å². The van der Waals surface area contributed by atoms with Gasteiger partial charge in [-0.3, -0.25) is 15.0 Å². The molecule has 1 amide bonds. The molecule has 0 saturated carbocycles. The van der Waals surface area contributed by atoms with Gasteiger partial charge in [0.25, 0.3) is 0 Å². The van der Waals surface area contributed by atoms with Crippen LogP contribution in [0.4, 0.5) is 0 Å². The number of hydrogen-bond acceptors (Lipinski definition) is 4. The van der Waals surface area contributed by atoms with Crippen LogP contribution < -0.4 is 5.32 Å². The first-order valence-electron chi connectivity index (χ1n) is 6.96. The number of ether oxygens (including phenoxy) is 1. The minimum atomic E-state index is -0.00955. The van der Waals surface area contributed by atoms with Crippen LogP contribution >= 0.6 is 0 Å². The van der Waals surface area contributed by atoms with Gasteiger partial charge >= 0.3 is 0 Å². The molecule has 2 aliphatic rings. The van der Waals surface area contributed by atoms with Gasteiger partial charge in [-0.1, -0.05) is 13.8 Å². The van der Waals surface area contributed by atoms with Gasteiger partial charge in [0.15, 0.2) is 0 Å². The second-order valence-electron chi connectivity index (χ2n) is 5.55. The first-order valence-corrected chi connectivity index (χ1v) is 6.96. The molecule has 2 heterocycles. The molecule has 2 fully saturated rings. The highest BCUT2D eigenvalue weighted by molar-refractivity contribution is 5.84. The molecular formula is C13H25N3O2. The predicted octanol–water partition coefficient (Wildman–Crippen LogP) is 0.121. The van der Waals surface area contributed by atoms with Crippen molar-refractivity contribution in [2.45, 2.75) is 33.0 Å². The number of nitrogens with zero attached hydrogens (tertiary/aromatic N) is 2. The second kappa shape index (κ2) is 5.99. The lowest BCUT2D eigenvalue weighted by molar-refractivity contribution is -0.130. The molecule has 2 rings (SSSR count). The zero-order valence-corrected chi connectivity index (χ0v) is 11.7. The minimum absolute atomic E-state index is 0.00955. The minimum Gasteiger partial charge on any atom is -0.379 e. The Morgan fingerprint density at radius 1 is 1.33 bits per heavy atom. The Balaban J connectivity index is 1.83. The topological polar surface area (TPSA) is 44.8 Å². The Labute approximate surface area is 109 Å². The normalized spacial score (nSPS) is 30.4. The first kappa shape index (κ1) is 13.8. The molecule has 0 bridgehead atoms. The van der Waals surface area contributed by atoms with Gasteiger partial charge in [-0.2, -0.15) is 0 Å². The van der Waals surface area contributed by atoms with Gasteiger partial charge < -0.3 is 9.64 Å². The van der Waals surface area contributed by atoms with Crippen LogP contribution in [-0.2, 0) is 9.53 Å². The SMILES string of the molecule is CC(C)C1NC(C)N(CCN2CCOCC2)C1=O. The monoisotopic (exact) mass is 255 g/mol. The lowest BCUT2D eigenvalue weighted by atomic mass is 10.1. The number of morpholine rings is 1. The van der Waals surface area contributed by atoms with Crippen LogP contribution in [0.15, 0.2) is 0 Å². The highest BCUT2D eigenvalue weighted by atomic mass is 16.5. The van der Waals surface area contributed by atoms with E-state index in [4.69, 9.17) is 4.74 Å². The smallest absolute Gasteiger partial charge is 0.241 e. The van der Waals surface area contributed by atoms with Gasteiger partial charge in [0.1, 0.15) is 0 Å². The van der Waals surface area contributed by atoms with Crippen LogP contribution in [0.25, 0.3) is 0 Å². The van der Waals surface area contributed by atoms with E-state index in [2.05, 4.69) is 31.0 Å². The van der Waals surface area contributed by atoms with Crippen molar-refractivity contribution < 1.29 is 9.53 Å². The Bertz CT molecular complexity index is 290. The highest BCUT2D eigenvalue weighted by Gasteiger charge is 2.37. The number of rotatable bonds is 4. The van der Waals surface area contributed by atoms with Gasteiger partial charge in [-0.05, 0) is 12.8 Å². The standard InChI is InChI=1S/C13H25N3O2/c1-10(2)12-13(17)16(11(3)14-12)5-4-15-6-8-18-9-7-15/h10-12,14H,4-9H2,1-3H3. The molecule has 0 aromatic carbocycles. The zero-order chi connectivity index (χ0) is 13.1. The quantitative estimate of drug-likeness (QED) is 0.775. The van der Waals surface area contributed by atoms with Crippen molar-refractivity contribution in [3.05, 3.63) is 0 Å². The van der Waals surface area contributed by atoms with Crippen LogP contribution in [0.5, 0.6) is 0 Å². The first-order chi connectivity index (χ1) is 8.59. The Hall–Kier alpha value is -0.650. The summed E-state index contributed by atoms with van der Waals surface area (Å²) in [7, 11) is 0. The van der Waals surface area contributed by atoms with E-state index in [-0.39, 0.29) is 18.1 Å². The molecule has 0 aromatic heterocycles. The molecule has 2 atom stereocenters. The Morgan fingerprint density at radius 3 is 2.56 bits per heavy atom. The average Bonchev–Trinajstić information content (AvgIpc) is 2.64. The molecule has 0 aliphatic carbocycles. The predicted molar refractivity (Wildman–Crippen MR) is 70.2 cm³/mol. The van der Waals surface area contributed by atoms with Gasteiger partial charge in [-0.15, -0.1) is 0 Å². The maximum atomic E-state index is 12.3. The van der Waals surface area contributed by atoms with E-state index in [9.17, 15) is 4.79 Å². The number of hydrogen-bond donors (Lipinski definition) is 1. The summed E-state index contributed by atoms with van der Waals surface area (Å²) in [6.07, 6.45) is 0.158. The molecule has 2 aliphatic heterocycles. The zero-order valence-electron chi connectivity index (χ0n) is 11.7. The molecule has 0 aromatic rings. The maximum absolute atomic E-state index is 12.3. The molecule has 104 valence electrons. The van der Waals surface area contributed by atoms with E-state index < -0.39 is 0 Å². The van der Waals surface area contributed by atoms with Crippen molar-refractivity contribution in [3.63, 3.8) is 0 Å². The highest BCUT2D eigenvalue weighted by Crippen LogP contribution is 2.16. The largest absolute Gasteiger partial charge is 0.379 e. The molecule has 0 radical (unpaired) electrons. The number of carbonyl (C=O) groups excluding carboxylic acids is 1. The maximum Gasteiger partial charge on any atom is 0.241 e. The summed E-state index contributed by atoms with van der Waals surface area (Å²) in [5.74, 6) is 0.610. The molecule has 2 unspecified atom stereocenters. The third-order valence-electron chi connectivity index (χ3n) is 3.86. The van der Waals surface area contributed by atoms with Crippen molar-refractivity contribution in [3.8, 4) is 0 Å². The molecule has 2 saturated heterocycles. The Kier molecular flexibility index (Phi) is 4.59. The fraction of sp³-hybridized carbons (Fsp3) is 0.923. The lowest BCUT2D eigenvalue weighted by Crippen LogP contribution is -2.44. The summed E-state index contributed by atoms with van der Waals surface area (Å²) < 4.78 is 5.33. The van der Waals surface area contributed by atoms with Crippen LogP contribution in [0.1, 0.15) is 20.8 Å². The summed E-state index contributed by atoms with van der Waals surface area (Å²) in [6, 6.07) is -0.00955. The van der Waals surface area contributed by atoms with Crippen LogP contribution in [0.2, 0.25) is 0 Å². The summed E-state index contributed by atoms with van der Waals surface area (Å²) >= 11 is 0. The summed E-state index contributed by atoms with van der Waals surface area (Å²) in [5.41, 5.74) is 0. The van der Waals surface area contributed by atoms with E-state index in [1.54, 1.807) is 0 Å².